The van der Waals surface area contributed by atoms with E-state index >= 15 is 0 Å². The highest BCUT2D eigenvalue weighted by Crippen LogP contribution is 2.33. The first-order valence-electron chi connectivity index (χ1n) is 6.82. The first-order chi connectivity index (χ1) is 7.41. The fraction of sp³-hybridized carbons (Fsp3) is 1.00. The van der Waals surface area contributed by atoms with E-state index in [1.54, 1.807) is 0 Å². The van der Waals surface area contributed by atoms with Crippen LogP contribution < -0.4 is 5.32 Å². The minimum Gasteiger partial charge on any atom is -0.392 e. The number of hydrogen-bond acceptors (Lipinski definition) is 2. The Morgan fingerprint density at radius 3 is 2.56 bits per heavy atom. The summed E-state index contributed by atoms with van der Waals surface area (Å²) in [4.78, 5) is 0. The van der Waals surface area contributed by atoms with Crippen molar-refractivity contribution in [2.75, 3.05) is 6.54 Å². The summed E-state index contributed by atoms with van der Waals surface area (Å²) in [5, 5.41) is 13.3. The summed E-state index contributed by atoms with van der Waals surface area (Å²) in [5.41, 5.74) is 0.521. The van der Waals surface area contributed by atoms with Crippen LogP contribution in [0.4, 0.5) is 0 Å². The lowest BCUT2D eigenvalue weighted by Gasteiger charge is -2.23. The second-order valence-corrected chi connectivity index (χ2v) is 6.51. The molecule has 1 saturated carbocycles. The summed E-state index contributed by atoms with van der Waals surface area (Å²) in [6.07, 6.45) is 6.31. The van der Waals surface area contributed by atoms with Crippen molar-refractivity contribution in [1.82, 2.24) is 5.32 Å². The van der Waals surface area contributed by atoms with Gasteiger partial charge in [-0.25, -0.2) is 0 Å². The lowest BCUT2D eigenvalue weighted by atomic mass is 9.85. The standard InChI is InChI=1S/C14H29NO/c1-11(2)13(16)10-15-12-6-5-8-14(3,4)9-7-12/h11-13,15-16H,5-10H2,1-4H3. The van der Waals surface area contributed by atoms with Gasteiger partial charge in [0.05, 0.1) is 6.10 Å². The van der Waals surface area contributed by atoms with Crippen molar-refractivity contribution in [2.24, 2.45) is 11.3 Å². The SMILES string of the molecule is CC(C)C(O)CNC1CCCC(C)(C)CC1. The molecule has 2 heteroatoms. The van der Waals surface area contributed by atoms with E-state index in [0.29, 0.717) is 17.4 Å². The fourth-order valence-corrected chi connectivity index (χ4v) is 2.39. The Morgan fingerprint density at radius 2 is 1.94 bits per heavy atom. The molecule has 0 aromatic rings. The van der Waals surface area contributed by atoms with Crippen molar-refractivity contribution in [3.63, 3.8) is 0 Å². The van der Waals surface area contributed by atoms with E-state index in [2.05, 4.69) is 33.0 Å². The van der Waals surface area contributed by atoms with E-state index in [1.807, 2.05) is 0 Å². The van der Waals surface area contributed by atoms with Crippen LogP contribution in [0.1, 0.15) is 59.8 Å². The Hall–Kier alpha value is -0.0800. The van der Waals surface area contributed by atoms with Crippen LogP contribution in [-0.2, 0) is 0 Å². The molecule has 0 bridgehead atoms. The van der Waals surface area contributed by atoms with Crippen molar-refractivity contribution in [3.8, 4) is 0 Å². The molecular formula is C14H29NO. The molecule has 1 aliphatic carbocycles. The summed E-state index contributed by atoms with van der Waals surface area (Å²) >= 11 is 0. The third kappa shape index (κ3) is 4.84. The summed E-state index contributed by atoms with van der Waals surface area (Å²) in [5.74, 6) is 0.356. The monoisotopic (exact) mass is 227 g/mol. The zero-order valence-corrected chi connectivity index (χ0v) is 11.4. The minimum atomic E-state index is -0.198. The molecule has 2 atom stereocenters. The van der Waals surface area contributed by atoms with Gasteiger partial charge in [0, 0.05) is 12.6 Å². The highest BCUT2D eigenvalue weighted by molar-refractivity contribution is 4.80. The second-order valence-electron chi connectivity index (χ2n) is 6.51. The topological polar surface area (TPSA) is 32.3 Å². The van der Waals surface area contributed by atoms with Crippen LogP contribution in [0.2, 0.25) is 0 Å². The van der Waals surface area contributed by atoms with E-state index in [-0.39, 0.29) is 6.10 Å². The van der Waals surface area contributed by atoms with Gasteiger partial charge >= 0.3 is 0 Å². The van der Waals surface area contributed by atoms with Gasteiger partial charge in [-0.2, -0.15) is 0 Å². The number of nitrogens with one attached hydrogen (secondary N) is 1. The average molecular weight is 227 g/mol. The fourth-order valence-electron chi connectivity index (χ4n) is 2.39. The number of hydrogen-bond donors (Lipinski definition) is 2. The third-order valence-corrected chi connectivity index (χ3v) is 3.96. The highest BCUT2D eigenvalue weighted by Gasteiger charge is 2.24. The molecule has 1 aliphatic rings. The van der Waals surface area contributed by atoms with Crippen molar-refractivity contribution < 1.29 is 5.11 Å². The number of aliphatic hydroxyl groups is 1. The van der Waals surface area contributed by atoms with Gasteiger partial charge in [0.25, 0.3) is 0 Å². The molecule has 96 valence electrons. The Morgan fingerprint density at radius 1 is 1.25 bits per heavy atom. The Kier molecular flexibility index (Phi) is 5.26. The second kappa shape index (κ2) is 6.02. The highest BCUT2D eigenvalue weighted by atomic mass is 16.3. The summed E-state index contributed by atoms with van der Waals surface area (Å²) in [6, 6.07) is 0.621. The van der Waals surface area contributed by atoms with Gasteiger partial charge in [0.2, 0.25) is 0 Å². The quantitative estimate of drug-likeness (QED) is 0.724. The number of aliphatic hydroxyl groups excluding tert-OH is 1. The lowest BCUT2D eigenvalue weighted by Crippen LogP contribution is -2.37. The van der Waals surface area contributed by atoms with Gasteiger partial charge in [0.1, 0.15) is 0 Å². The van der Waals surface area contributed by atoms with E-state index in [1.165, 1.54) is 32.1 Å². The average Bonchev–Trinajstić information content (AvgIpc) is 2.36. The maximum Gasteiger partial charge on any atom is 0.0687 e. The van der Waals surface area contributed by atoms with Gasteiger partial charge in [-0.15, -0.1) is 0 Å². The lowest BCUT2D eigenvalue weighted by molar-refractivity contribution is 0.119. The van der Waals surface area contributed by atoms with E-state index < -0.39 is 0 Å². The molecule has 2 nitrogen and oxygen atoms in total. The van der Waals surface area contributed by atoms with Crippen LogP contribution in [0.15, 0.2) is 0 Å². The predicted molar refractivity (Wildman–Crippen MR) is 69.5 cm³/mol. The van der Waals surface area contributed by atoms with E-state index in [0.717, 1.165) is 6.54 Å². The van der Waals surface area contributed by atoms with Crippen LogP contribution >= 0.6 is 0 Å². The molecule has 0 saturated heterocycles. The molecule has 2 N–H and O–H groups in total. The molecule has 1 fully saturated rings. The molecular weight excluding hydrogens is 198 g/mol. The zero-order valence-electron chi connectivity index (χ0n) is 11.4. The largest absolute Gasteiger partial charge is 0.392 e. The van der Waals surface area contributed by atoms with Crippen LogP contribution in [-0.4, -0.2) is 23.8 Å². The maximum atomic E-state index is 9.77. The molecule has 0 amide bonds. The summed E-state index contributed by atoms with van der Waals surface area (Å²) in [7, 11) is 0. The van der Waals surface area contributed by atoms with Crippen molar-refractivity contribution in [3.05, 3.63) is 0 Å². The van der Waals surface area contributed by atoms with Crippen molar-refractivity contribution in [1.29, 1.82) is 0 Å². The zero-order chi connectivity index (χ0) is 12.2. The molecule has 0 aliphatic heterocycles. The smallest absolute Gasteiger partial charge is 0.0687 e. The molecule has 1 rings (SSSR count). The Balaban J connectivity index is 2.28. The van der Waals surface area contributed by atoms with Gasteiger partial charge in [-0.3, -0.25) is 0 Å². The van der Waals surface area contributed by atoms with Gasteiger partial charge < -0.3 is 10.4 Å². The molecule has 0 radical (unpaired) electrons. The van der Waals surface area contributed by atoms with Crippen LogP contribution in [0.5, 0.6) is 0 Å². The van der Waals surface area contributed by atoms with Gasteiger partial charge in [-0.1, -0.05) is 34.1 Å². The molecule has 0 spiro atoms. The van der Waals surface area contributed by atoms with Gasteiger partial charge in [-0.05, 0) is 37.0 Å². The van der Waals surface area contributed by atoms with Crippen molar-refractivity contribution in [2.45, 2.75) is 71.9 Å². The first kappa shape index (κ1) is 14.0. The summed E-state index contributed by atoms with van der Waals surface area (Å²) < 4.78 is 0. The molecule has 0 aromatic heterocycles. The van der Waals surface area contributed by atoms with E-state index in [4.69, 9.17) is 0 Å². The molecule has 2 unspecified atom stereocenters. The Bertz CT molecular complexity index is 201. The maximum absolute atomic E-state index is 9.77. The van der Waals surface area contributed by atoms with Crippen LogP contribution in [0.3, 0.4) is 0 Å². The molecule has 16 heavy (non-hydrogen) atoms. The van der Waals surface area contributed by atoms with E-state index in [9.17, 15) is 5.11 Å². The van der Waals surface area contributed by atoms with Gasteiger partial charge in [0.15, 0.2) is 0 Å². The normalized spacial score (nSPS) is 27.8. The third-order valence-electron chi connectivity index (χ3n) is 3.96. The van der Waals surface area contributed by atoms with Crippen LogP contribution in [0, 0.1) is 11.3 Å². The predicted octanol–water partition coefficient (Wildman–Crippen LogP) is 2.95. The Labute approximate surface area is 101 Å². The number of rotatable bonds is 4. The first-order valence-corrected chi connectivity index (χ1v) is 6.82. The van der Waals surface area contributed by atoms with Crippen LogP contribution in [0.25, 0.3) is 0 Å². The molecule has 0 heterocycles. The van der Waals surface area contributed by atoms with Crippen molar-refractivity contribution >= 4 is 0 Å². The molecule has 0 aromatic carbocycles. The summed E-state index contributed by atoms with van der Waals surface area (Å²) in [6.45, 7) is 9.64. The minimum absolute atomic E-state index is 0.198.